The van der Waals surface area contributed by atoms with Crippen LogP contribution in [0, 0.1) is 0 Å². The molecule has 6 heteroatoms. The minimum absolute atomic E-state index is 0.155. The molecule has 1 aliphatic rings. The van der Waals surface area contributed by atoms with Crippen LogP contribution < -0.4 is 5.32 Å². The highest BCUT2D eigenvalue weighted by Gasteiger charge is 2.24. The first-order valence-electron chi connectivity index (χ1n) is 5.93. The van der Waals surface area contributed by atoms with E-state index in [-0.39, 0.29) is 5.54 Å². The Morgan fingerprint density at radius 1 is 1.59 bits per heavy atom. The number of hydrogen-bond donors (Lipinski definition) is 1. The zero-order valence-corrected chi connectivity index (χ0v) is 11.4. The minimum Gasteiger partial charge on any atom is -0.360 e. The molecule has 0 bridgehead atoms. The van der Waals surface area contributed by atoms with E-state index in [9.17, 15) is 0 Å². The van der Waals surface area contributed by atoms with Gasteiger partial charge >= 0.3 is 0 Å². The number of hydrogen-bond acceptors (Lipinski definition) is 4. The van der Waals surface area contributed by atoms with Crippen LogP contribution in [0.3, 0.4) is 0 Å². The Morgan fingerprint density at radius 3 is 3.12 bits per heavy atom. The van der Waals surface area contributed by atoms with Crippen LogP contribution in [0.2, 0.25) is 0 Å². The fourth-order valence-electron chi connectivity index (χ4n) is 1.68. The van der Waals surface area contributed by atoms with Crippen molar-refractivity contribution >= 4 is 16.9 Å². The van der Waals surface area contributed by atoms with Gasteiger partial charge in [-0.1, -0.05) is 11.8 Å². The van der Waals surface area contributed by atoms with Crippen molar-refractivity contribution in [3.05, 3.63) is 12.2 Å². The standard InChI is InChI=1S/C11H19N5S/c1-4-16-8-13-15-9(16)7-12-10-14-11(2,3)5-6-17-10/h8H,4-7H2,1-3H3,(H,12,14). The van der Waals surface area contributed by atoms with E-state index in [0.717, 1.165) is 23.3 Å². The summed E-state index contributed by atoms with van der Waals surface area (Å²) in [4.78, 5) is 4.58. The number of aryl methyl sites for hydroxylation is 1. The predicted molar refractivity (Wildman–Crippen MR) is 71.1 cm³/mol. The molecule has 1 aliphatic heterocycles. The SMILES string of the molecule is CCn1cnnc1CN=C1NC(C)(C)CCS1. The molecule has 0 spiro atoms. The summed E-state index contributed by atoms with van der Waals surface area (Å²) in [5.74, 6) is 2.05. The number of nitrogens with zero attached hydrogens (tertiary/aromatic N) is 4. The molecule has 94 valence electrons. The minimum atomic E-state index is 0.155. The van der Waals surface area contributed by atoms with Crippen molar-refractivity contribution in [1.29, 1.82) is 0 Å². The summed E-state index contributed by atoms with van der Waals surface area (Å²) in [7, 11) is 0. The van der Waals surface area contributed by atoms with Gasteiger partial charge in [0, 0.05) is 17.8 Å². The van der Waals surface area contributed by atoms with Crippen molar-refractivity contribution < 1.29 is 0 Å². The van der Waals surface area contributed by atoms with E-state index in [1.165, 1.54) is 6.42 Å². The van der Waals surface area contributed by atoms with Gasteiger partial charge in [0.2, 0.25) is 0 Å². The number of aliphatic imine (C=N–C) groups is 1. The first kappa shape index (κ1) is 12.4. The van der Waals surface area contributed by atoms with Gasteiger partial charge in [0.05, 0.1) is 0 Å². The van der Waals surface area contributed by atoms with Crippen molar-refractivity contribution in [3.63, 3.8) is 0 Å². The molecule has 2 rings (SSSR count). The van der Waals surface area contributed by atoms with Crippen LogP contribution in [-0.4, -0.2) is 31.2 Å². The van der Waals surface area contributed by atoms with Crippen LogP contribution in [0.1, 0.15) is 33.0 Å². The highest BCUT2D eigenvalue weighted by molar-refractivity contribution is 8.13. The molecule has 0 unspecified atom stereocenters. The predicted octanol–water partition coefficient (Wildman–Crippen LogP) is 1.66. The maximum absolute atomic E-state index is 4.58. The largest absolute Gasteiger partial charge is 0.360 e. The molecule has 1 saturated heterocycles. The molecular formula is C11H19N5S. The number of nitrogens with one attached hydrogen (secondary N) is 1. The Labute approximate surface area is 106 Å². The molecule has 17 heavy (non-hydrogen) atoms. The monoisotopic (exact) mass is 253 g/mol. The third-order valence-electron chi connectivity index (χ3n) is 2.81. The summed E-state index contributed by atoms with van der Waals surface area (Å²) in [6.45, 7) is 7.97. The van der Waals surface area contributed by atoms with Crippen LogP contribution >= 0.6 is 11.8 Å². The average Bonchev–Trinajstić information content (AvgIpc) is 2.72. The lowest BCUT2D eigenvalue weighted by Crippen LogP contribution is -2.46. The Morgan fingerprint density at radius 2 is 2.41 bits per heavy atom. The number of amidine groups is 1. The van der Waals surface area contributed by atoms with E-state index in [2.05, 4.69) is 41.3 Å². The Bertz CT molecular complexity index is 410. The van der Waals surface area contributed by atoms with Gasteiger partial charge < -0.3 is 9.88 Å². The van der Waals surface area contributed by atoms with E-state index in [1.54, 1.807) is 18.1 Å². The molecule has 0 atom stereocenters. The lowest BCUT2D eigenvalue weighted by molar-refractivity contribution is 0.446. The average molecular weight is 253 g/mol. The lowest BCUT2D eigenvalue weighted by Gasteiger charge is -2.32. The molecule has 0 aliphatic carbocycles. The molecule has 1 aromatic rings. The Kier molecular flexibility index (Phi) is 3.71. The second-order valence-electron chi connectivity index (χ2n) is 4.76. The number of aromatic nitrogens is 3. The smallest absolute Gasteiger partial charge is 0.157 e. The molecule has 1 N–H and O–H groups in total. The third kappa shape index (κ3) is 3.21. The van der Waals surface area contributed by atoms with Gasteiger partial charge in [-0.2, -0.15) is 0 Å². The van der Waals surface area contributed by atoms with Gasteiger partial charge in [0.1, 0.15) is 12.9 Å². The van der Waals surface area contributed by atoms with Crippen molar-refractivity contribution in [1.82, 2.24) is 20.1 Å². The molecule has 0 amide bonds. The first-order valence-corrected chi connectivity index (χ1v) is 6.91. The van der Waals surface area contributed by atoms with E-state index in [1.807, 2.05) is 4.57 Å². The Hall–Kier alpha value is -1.04. The molecule has 2 heterocycles. The molecule has 1 fully saturated rings. The summed E-state index contributed by atoms with van der Waals surface area (Å²) in [5, 5.41) is 12.4. The van der Waals surface area contributed by atoms with Crippen LogP contribution in [0.25, 0.3) is 0 Å². The van der Waals surface area contributed by atoms with E-state index in [4.69, 9.17) is 0 Å². The Balaban J connectivity index is 2.01. The van der Waals surface area contributed by atoms with Crippen LogP contribution in [0.5, 0.6) is 0 Å². The molecule has 0 saturated carbocycles. The second kappa shape index (κ2) is 5.08. The second-order valence-corrected chi connectivity index (χ2v) is 5.85. The normalized spacial score (nSPS) is 21.5. The molecule has 0 radical (unpaired) electrons. The van der Waals surface area contributed by atoms with Gasteiger partial charge in [-0.3, -0.25) is 4.99 Å². The van der Waals surface area contributed by atoms with Crippen molar-refractivity contribution in [2.75, 3.05) is 5.75 Å². The summed E-state index contributed by atoms with van der Waals surface area (Å²) in [6, 6.07) is 0. The van der Waals surface area contributed by atoms with E-state index < -0.39 is 0 Å². The highest BCUT2D eigenvalue weighted by Crippen LogP contribution is 2.21. The third-order valence-corrected chi connectivity index (χ3v) is 3.72. The fourth-order valence-corrected chi connectivity index (χ4v) is 2.99. The van der Waals surface area contributed by atoms with Gasteiger partial charge in [-0.25, -0.2) is 0 Å². The molecule has 1 aromatic heterocycles. The number of thioether (sulfide) groups is 1. The van der Waals surface area contributed by atoms with Gasteiger partial charge in [0.25, 0.3) is 0 Å². The zero-order chi connectivity index (χ0) is 12.3. The van der Waals surface area contributed by atoms with Crippen molar-refractivity contribution in [2.24, 2.45) is 4.99 Å². The first-order chi connectivity index (χ1) is 8.11. The van der Waals surface area contributed by atoms with Gasteiger partial charge in [0.15, 0.2) is 11.0 Å². The van der Waals surface area contributed by atoms with Gasteiger partial charge in [-0.15, -0.1) is 10.2 Å². The summed E-state index contributed by atoms with van der Waals surface area (Å²) >= 11 is 1.78. The lowest BCUT2D eigenvalue weighted by atomic mass is 10.0. The quantitative estimate of drug-likeness (QED) is 0.890. The summed E-state index contributed by atoms with van der Waals surface area (Å²) in [5.41, 5.74) is 0.155. The zero-order valence-electron chi connectivity index (χ0n) is 10.6. The van der Waals surface area contributed by atoms with Crippen LogP contribution in [0.4, 0.5) is 0 Å². The summed E-state index contributed by atoms with van der Waals surface area (Å²) < 4.78 is 2.02. The highest BCUT2D eigenvalue weighted by atomic mass is 32.2. The molecular weight excluding hydrogens is 234 g/mol. The van der Waals surface area contributed by atoms with E-state index >= 15 is 0 Å². The van der Waals surface area contributed by atoms with Crippen molar-refractivity contribution in [3.8, 4) is 0 Å². The summed E-state index contributed by atoms with van der Waals surface area (Å²) in [6.07, 6.45) is 2.92. The maximum Gasteiger partial charge on any atom is 0.157 e. The molecule has 0 aromatic carbocycles. The van der Waals surface area contributed by atoms with Crippen LogP contribution in [-0.2, 0) is 13.1 Å². The van der Waals surface area contributed by atoms with Crippen molar-refractivity contribution in [2.45, 2.75) is 45.8 Å². The van der Waals surface area contributed by atoms with E-state index in [0.29, 0.717) is 6.54 Å². The topological polar surface area (TPSA) is 55.1 Å². The maximum atomic E-state index is 4.58. The van der Waals surface area contributed by atoms with Gasteiger partial charge in [-0.05, 0) is 27.2 Å². The fraction of sp³-hybridized carbons (Fsp3) is 0.727. The number of rotatable bonds is 3. The van der Waals surface area contributed by atoms with Crippen LogP contribution in [0.15, 0.2) is 11.3 Å². The molecule has 5 nitrogen and oxygen atoms in total.